The van der Waals surface area contributed by atoms with E-state index in [1.54, 1.807) is 17.2 Å². The second kappa shape index (κ2) is 6.73. The normalized spacial score (nSPS) is 13.4. The summed E-state index contributed by atoms with van der Waals surface area (Å²) in [4.78, 5) is 15.2. The van der Waals surface area contributed by atoms with Crippen LogP contribution >= 0.6 is 0 Å². The largest absolute Gasteiger partial charge is 0.481 e. The minimum Gasteiger partial charge on any atom is -0.481 e. The van der Waals surface area contributed by atoms with E-state index < -0.39 is 30.0 Å². The van der Waals surface area contributed by atoms with E-state index in [9.17, 15) is 18.0 Å². The molecular weight excluding hydrogens is 337 g/mol. The minimum absolute atomic E-state index is 0.0106. The van der Waals surface area contributed by atoms with Crippen LogP contribution in [0.3, 0.4) is 0 Å². The number of alkyl halides is 3. The van der Waals surface area contributed by atoms with Gasteiger partial charge in [0.1, 0.15) is 5.75 Å². The van der Waals surface area contributed by atoms with Crippen molar-refractivity contribution in [3.05, 3.63) is 35.7 Å². The van der Waals surface area contributed by atoms with Crippen molar-refractivity contribution in [1.29, 1.82) is 0 Å². The highest BCUT2D eigenvalue weighted by molar-refractivity contribution is 5.92. The molecule has 2 rings (SSSR count). The highest BCUT2D eigenvalue weighted by Gasteiger charge is 2.35. The lowest BCUT2D eigenvalue weighted by atomic mass is 9.87. The molecule has 6 nitrogen and oxygen atoms in total. The summed E-state index contributed by atoms with van der Waals surface area (Å²) in [5.41, 5.74) is 1.10. The Bertz CT molecular complexity index is 733. The van der Waals surface area contributed by atoms with Crippen LogP contribution < -0.4 is 10.1 Å². The van der Waals surface area contributed by atoms with Crippen LogP contribution in [0.15, 0.2) is 24.3 Å². The van der Waals surface area contributed by atoms with Crippen LogP contribution in [0.5, 0.6) is 5.75 Å². The summed E-state index contributed by atoms with van der Waals surface area (Å²) < 4.78 is 42.8. The number of benzene rings is 1. The lowest BCUT2D eigenvalue weighted by Gasteiger charge is -2.20. The van der Waals surface area contributed by atoms with E-state index in [0.717, 1.165) is 5.56 Å². The molecule has 2 aromatic rings. The van der Waals surface area contributed by atoms with Gasteiger partial charge in [-0.2, -0.15) is 18.2 Å². The molecule has 9 heteroatoms. The smallest absolute Gasteiger partial charge is 0.451 e. The number of hydrogen-bond acceptors (Lipinski definition) is 4. The summed E-state index contributed by atoms with van der Waals surface area (Å²) in [6, 6.07) is 7.26. The minimum atomic E-state index is -4.66. The van der Waals surface area contributed by atoms with Crippen LogP contribution in [-0.4, -0.2) is 27.2 Å². The molecule has 0 radical (unpaired) electrons. The molecule has 0 aliphatic rings. The Balaban J connectivity index is 1.97. The number of halogens is 3. The molecule has 0 fully saturated rings. The molecule has 0 saturated heterocycles. The number of ether oxygens (including phenoxy) is 1. The number of nitrogens with zero attached hydrogens (tertiary/aromatic N) is 2. The predicted molar refractivity (Wildman–Crippen MR) is 85.2 cm³/mol. The van der Waals surface area contributed by atoms with Gasteiger partial charge in [-0.15, -0.1) is 5.10 Å². The zero-order valence-corrected chi connectivity index (χ0v) is 14.2. The standard InChI is InChI=1S/C16H19F3N4O2/c1-9(25-11-7-5-10(6-8-11)15(2,3)4)12(24)20-14-21-13(22-23-14)16(17,18)19/h5-9H,1-4H3,(H2,20,21,22,23,24). The van der Waals surface area contributed by atoms with Crippen molar-refractivity contribution in [2.75, 3.05) is 5.32 Å². The van der Waals surface area contributed by atoms with Crippen LogP contribution in [0.2, 0.25) is 0 Å². The zero-order valence-electron chi connectivity index (χ0n) is 14.2. The van der Waals surface area contributed by atoms with Gasteiger partial charge in [0, 0.05) is 0 Å². The molecule has 2 N–H and O–H groups in total. The fourth-order valence-corrected chi connectivity index (χ4v) is 1.95. The number of rotatable bonds is 4. The fourth-order valence-electron chi connectivity index (χ4n) is 1.95. The van der Waals surface area contributed by atoms with Gasteiger partial charge in [0.15, 0.2) is 6.10 Å². The Kier molecular flexibility index (Phi) is 5.05. The summed E-state index contributed by atoms with van der Waals surface area (Å²) in [7, 11) is 0. The van der Waals surface area contributed by atoms with Crippen molar-refractivity contribution in [2.45, 2.75) is 45.4 Å². The first-order valence-electron chi connectivity index (χ1n) is 7.54. The van der Waals surface area contributed by atoms with Gasteiger partial charge in [-0.1, -0.05) is 32.9 Å². The van der Waals surface area contributed by atoms with E-state index >= 15 is 0 Å². The van der Waals surface area contributed by atoms with Crippen LogP contribution in [0, 0.1) is 0 Å². The summed E-state index contributed by atoms with van der Waals surface area (Å²) in [6.07, 6.45) is -5.60. The van der Waals surface area contributed by atoms with Gasteiger partial charge in [-0.25, -0.2) is 0 Å². The molecule has 1 unspecified atom stereocenters. The number of aromatic nitrogens is 3. The monoisotopic (exact) mass is 356 g/mol. The molecular formula is C16H19F3N4O2. The Hall–Kier alpha value is -2.58. The number of anilines is 1. The van der Waals surface area contributed by atoms with Crippen LogP contribution in [0.1, 0.15) is 39.1 Å². The van der Waals surface area contributed by atoms with Crippen molar-refractivity contribution in [3.8, 4) is 5.75 Å². The summed E-state index contributed by atoms with van der Waals surface area (Å²) in [5, 5.41) is 7.20. The Morgan fingerprint density at radius 1 is 1.20 bits per heavy atom. The number of amides is 1. The third kappa shape index (κ3) is 4.94. The second-order valence-electron chi connectivity index (χ2n) is 6.53. The quantitative estimate of drug-likeness (QED) is 0.878. The number of carbonyl (C=O) groups excluding carboxylic acids is 1. The number of nitrogens with one attached hydrogen (secondary N) is 2. The summed E-state index contributed by atoms with van der Waals surface area (Å²) >= 11 is 0. The molecule has 1 amide bonds. The third-order valence-corrected chi connectivity index (χ3v) is 3.39. The second-order valence-corrected chi connectivity index (χ2v) is 6.53. The van der Waals surface area contributed by atoms with Gasteiger partial charge in [-0.3, -0.25) is 15.2 Å². The molecule has 1 aromatic carbocycles. The molecule has 1 heterocycles. The molecule has 25 heavy (non-hydrogen) atoms. The highest BCUT2D eigenvalue weighted by Crippen LogP contribution is 2.26. The molecule has 0 spiro atoms. The topological polar surface area (TPSA) is 79.9 Å². The lowest BCUT2D eigenvalue weighted by Crippen LogP contribution is -2.30. The first-order chi connectivity index (χ1) is 11.5. The maximum absolute atomic E-state index is 12.4. The van der Waals surface area contributed by atoms with Gasteiger partial charge in [0.25, 0.3) is 5.91 Å². The number of aromatic amines is 1. The van der Waals surface area contributed by atoms with E-state index in [0.29, 0.717) is 5.75 Å². The molecule has 1 atom stereocenters. The van der Waals surface area contributed by atoms with Crippen molar-refractivity contribution in [2.24, 2.45) is 0 Å². The maximum Gasteiger partial charge on any atom is 0.451 e. The Morgan fingerprint density at radius 3 is 2.28 bits per heavy atom. The molecule has 1 aromatic heterocycles. The van der Waals surface area contributed by atoms with E-state index in [1.165, 1.54) is 6.92 Å². The average Bonchev–Trinajstić information content (AvgIpc) is 2.95. The molecule has 0 aliphatic carbocycles. The van der Waals surface area contributed by atoms with Gasteiger partial charge >= 0.3 is 6.18 Å². The van der Waals surface area contributed by atoms with Crippen LogP contribution in [-0.2, 0) is 16.4 Å². The molecule has 0 aliphatic heterocycles. The van der Waals surface area contributed by atoms with Crippen molar-refractivity contribution in [3.63, 3.8) is 0 Å². The Morgan fingerprint density at radius 2 is 1.80 bits per heavy atom. The SMILES string of the molecule is CC(Oc1ccc(C(C)(C)C)cc1)C(=O)Nc1n[nH]c(C(F)(F)F)n1. The molecule has 0 bridgehead atoms. The summed E-state index contributed by atoms with van der Waals surface area (Å²) in [6.45, 7) is 7.70. The van der Waals surface area contributed by atoms with E-state index in [2.05, 4.69) is 36.2 Å². The van der Waals surface area contributed by atoms with Gasteiger partial charge < -0.3 is 4.74 Å². The highest BCUT2D eigenvalue weighted by atomic mass is 19.4. The third-order valence-electron chi connectivity index (χ3n) is 3.39. The molecule has 0 saturated carbocycles. The Labute approximate surface area is 142 Å². The fraction of sp³-hybridized carbons (Fsp3) is 0.438. The average molecular weight is 356 g/mol. The lowest BCUT2D eigenvalue weighted by molar-refractivity contribution is -0.144. The van der Waals surface area contributed by atoms with E-state index in [4.69, 9.17) is 4.74 Å². The zero-order chi connectivity index (χ0) is 18.8. The maximum atomic E-state index is 12.4. The first-order valence-corrected chi connectivity index (χ1v) is 7.54. The van der Waals surface area contributed by atoms with Gasteiger partial charge in [-0.05, 0) is 30.0 Å². The van der Waals surface area contributed by atoms with Gasteiger partial charge in [0.2, 0.25) is 11.8 Å². The van der Waals surface area contributed by atoms with Crippen LogP contribution in [0.25, 0.3) is 0 Å². The van der Waals surface area contributed by atoms with Crippen molar-refractivity contribution in [1.82, 2.24) is 15.2 Å². The summed E-state index contributed by atoms with van der Waals surface area (Å²) in [5.74, 6) is -1.93. The van der Waals surface area contributed by atoms with E-state index in [1.807, 2.05) is 12.1 Å². The van der Waals surface area contributed by atoms with Crippen molar-refractivity contribution >= 4 is 11.9 Å². The number of carbonyl (C=O) groups is 1. The number of hydrogen-bond donors (Lipinski definition) is 2. The first kappa shape index (κ1) is 18.8. The van der Waals surface area contributed by atoms with E-state index in [-0.39, 0.29) is 5.41 Å². The van der Waals surface area contributed by atoms with Gasteiger partial charge in [0.05, 0.1) is 0 Å². The van der Waals surface area contributed by atoms with Crippen LogP contribution in [0.4, 0.5) is 19.1 Å². The number of H-pyrrole nitrogens is 1. The molecule has 136 valence electrons. The van der Waals surface area contributed by atoms with Crippen molar-refractivity contribution < 1.29 is 22.7 Å². The predicted octanol–water partition coefficient (Wildman–Crippen LogP) is 3.53.